The molecule has 0 unspecified atom stereocenters. The van der Waals surface area contributed by atoms with Crippen molar-refractivity contribution in [1.82, 2.24) is 15.1 Å². The Labute approximate surface area is 173 Å². The van der Waals surface area contributed by atoms with Crippen molar-refractivity contribution in [2.45, 2.75) is 38.1 Å². The summed E-state index contributed by atoms with van der Waals surface area (Å²) in [5.41, 5.74) is 0.157. The Morgan fingerprint density at radius 1 is 1.20 bits per heavy atom. The van der Waals surface area contributed by atoms with E-state index < -0.39 is 17.5 Å². The van der Waals surface area contributed by atoms with E-state index in [9.17, 15) is 18.3 Å². The number of aryl methyl sites for hydroxylation is 1. The van der Waals surface area contributed by atoms with Crippen LogP contribution in [0.15, 0.2) is 24.3 Å². The van der Waals surface area contributed by atoms with Gasteiger partial charge in [0.05, 0.1) is 30.0 Å². The second-order valence-corrected chi connectivity index (χ2v) is 7.88. The van der Waals surface area contributed by atoms with Gasteiger partial charge >= 0.3 is 6.18 Å². The van der Waals surface area contributed by atoms with Gasteiger partial charge in [0, 0.05) is 25.2 Å². The summed E-state index contributed by atoms with van der Waals surface area (Å²) >= 11 is 0. The van der Waals surface area contributed by atoms with Crippen LogP contribution in [-0.4, -0.2) is 65.6 Å². The number of benzene rings is 1. The van der Waals surface area contributed by atoms with Crippen molar-refractivity contribution < 1.29 is 23.0 Å². The minimum atomic E-state index is -4.52. The Kier molecular flexibility index (Phi) is 5.59. The average Bonchev–Trinajstić information content (AvgIpc) is 2.72. The highest BCUT2D eigenvalue weighted by molar-refractivity contribution is 5.72. The fourth-order valence-corrected chi connectivity index (χ4v) is 4.35. The van der Waals surface area contributed by atoms with Gasteiger partial charge in [-0.25, -0.2) is 0 Å². The molecule has 30 heavy (non-hydrogen) atoms. The highest BCUT2D eigenvalue weighted by atomic mass is 19.4. The first-order valence-corrected chi connectivity index (χ1v) is 10.1. The van der Waals surface area contributed by atoms with Gasteiger partial charge < -0.3 is 19.6 Å². The van der Waals surface area contributed by atoms with E-state index in [4.69, 9.17) is 4.74 Å². The van der Waals surface area contributed by atoms with Gasteiger partial charge in [-0.05, 0) is 49.7 Å². The van der Waals surface area contributed by atoms with Crippen molar-refractivity contribution in [3.63, 3.8) is 0 Å². The van der Waals surface area contributed by atoms with E-state index in [1.807, 2.05) is 6.07 Å². The number of hydrogen-bond donors (Lipinski definition) is 1. The average molecular weight is 422 g/mol. The van der Waals surface area contributed by atoms with Gasteiger partial charge in [-0.2, -0.15) is 13.2 Å². The summed E-state index contributed by atoms with van der Waals surface area (Å²) in [6, 6.07) is 5.52. The summed E-state index contributed by atoms with van der Waals surface area (Å²) in [5.74, 6) is 0.265. The summed E-state index contributed by atoms with van der Waals surface area (Å²) < 4.78 is 45.2. The second-order valence-electron chi connectivity index (χ2n) is 7.88. The molecular formula is C21H25F3N4O2. The summed E-state index contributed by atoms with van der Waals surface area (Å²) in [6.45, 7) is 4.93. The molecule has 6 nitrogen and oxygen atoms in total. The van der Waals surface area contributed by atoms with Crippen LogP contribution in [0.1, 0.15) is 24.5 Å². The quantitative estimate of drug-likeness (QED) is 0.819. The van der Waals surface area contributed by atoms with Gasteiger partial charge in [0.25, 0.3) is 0 Å². The number of fused-ring (bicyclic) bond motifs is 1. The lowest BCUT2D eigenvalue weighted by molar-refractivity contribution is -0.137. The molecule has 0 radical (unpaired) electrons. The van der Waals surface area contributed by atoms with Crippen LogP contribution in [0.2, 0.25) is 0 Å². The summed E-state index contributed by atoms with van der Waals surface area (Å²) in [7, 11) is 2.08. The number of likely N-dealkylation sites (tertiary alicyclic amines) is 1. The lowest BCUT2D eigenvalue weighted by Gasteiger charge is -2.46. The first kappa shape index (κ1) is 20.9. The first-order chi connectivity index (χ1) is 14.3. The number of aromatic nitrogens is 2. The zero-order chi connectivity index (χ0) is 21.5. The molecule has 0 bridgehead atoms. The molecule has 3 heterocycles. The summed E-state index contributed by atoms with van der Waals surface area (Å²) in [4.78, 5) is 4.45. The topological polar surface area (TPSA) is 61.7 Å². The summed E-state index contributed by atoms with van der Waals surface area (Å²) in [6.07, 6.45) is -3.07. The Morgan fingerprint density at radius 2 is 2.00 bits per heavy atom. The Bertz CT molecular complexity index is 904. The highest BCUT2D eigenvalue weighted by Crippen LogP contribution is 2.39. The number of phenolic OH excluding ortho intramolecular Hbond substituents is 1. The molecule has 2 aromatic rings. The zero-order valence-electron chi connectivity index (χ0n) is 17.0. The molecule has 4 rings (SSSR count). The number of halogens is 3. The molecule has 1 N–H and O–H groups in total. The van der Waals surface area contributed by atoms with Crippen LogP contribution in [0.4, 0.5) is 19.0 Å². The van der Waals surface area contributed by atoms with Crippen LogP contribution >= 0.6 is 0 Å². The fraction of sp³-hybridized carbons (Fsp3) is 0.524. The molecule has 0 amide bonds. The predicted octanol–water partition coefficient (Wildman–Crippen LogP) is 3.34. The molecule has 2 aliphatic heterocycles. The normalized spacial score (nSPS) is 22.8. The van der Waals surface area contributed by atoms with E-state index >= 15 is 0 Å². The number of alkyl halides is 3. The van der Waals surface area contributed by atoms with Gasteiger partial charge in [-0.1, -0.05) is 6.92 Å². The van der Waals surface area contributed by atoms with Crippen LogP contribution in [0.25, 0.3) is 11.3 Å². The van der Waals surface area contributed by atoms with E-state index in [-0.39, 0.29) is 12.1 Å². The molecule has 162 valence electrons. The number of aromatic hydroxyl groups is 1. The number of hydrogen-bond acceptors (Lipinski definition) is 6. The van der Waals surface area contributed by atoms with Gasteiger partial charge in [0.1, 0.15) is 5.75 Å². The van der Waals surface area contributed by atoms with Crippen molar-refractivity contribution in [1.29, 1.82) is 0 Å². The van der Waals surface area contributed by atoms with E-state index in [0.29, 0.717) is 42.2 Å². The van der Waals surface area contributed by atoms with Crippen molar-refractivity contribution in [2.75, 3.05) is 38.2 Å². The van der Waals surface area contributed by atoms with E-state index in [1.165, 1.54) is 0 Å². The third kappa shape index (κ3) is 3.96. The maximum Gasteiger partial charge on any atom is 0.416 e. The monoisotopic (exact) mass is 422 g/mol. The Morgan fingerprint density at radius 3 is 2.67 bits per heavy atom. The third-order valence-electron chi connectivity index (χ3n) is 5.90. The maximum atomic E-state index is 13.1. The van der Waals surface area contributed by atoms with Crippen LogP contribution in [-0.2, 0) is 17.3 Å². The van der Waals surface area contributed by atoms with Crippen molar-refractivity contribution in [2.24, 2.45) is 0 Å². The number of anilines is 1. The largest absolute Gasteiger partial charge is 0.507 e. The second kappa shape index (κ2) is 8.03. The highest BCUT2D eigenvalue weighted by Gasteiger charge is 2.37. The molecule has 0 saturated carbocycles. The number of phenols is 1. The minimum Gasteiger partial charge on any atom is -0.507 e. The molecule has 2 fully saturated rings. The van der Waals surface area contributed by atoms with Crippen molar-refractivity contribution >= 4 is 5.82 Å². The molecule has 2 atom stereocenters. The minimum absolute atomic E-state index is 0.155. The maximum absolute atomic E-state index is 13.1. The van der Waals surface area contributed by atoms with Crippen molar-refractivity contribution in [3.05, 3.63) is 35.4 Å². The standard InChI is InChI=1S/C21H25F3N4O2/c1-3-13-10-14(21(22,23)24)11-17(29)20(13)15-4-5-19(26-25-15)28-8-9-30-18-6-7-27(2)12-16(18)28/h4-5,10-11,16,18,29H,3,6-9,12H2,1-2H3/t16-,18+/m0/s1. The molecule has 9 heteroatoms. The van der Waals surface area contributed by atoms with Crippen LogP contribution in [0, 0.1) is 0 Å². The number of ether oxygens (including phenoxy) is 1. The third-order valence-corrected chi connectivity index (χ3v) is 5.90. The van der Waals surface area contributed by atoms with Gasteiger partial charge in [0.15, 0.2) is 5.82 Å². The molecule has 1 aromatic carbocycles. The van der Waals surface area contributed by atoms with E-state index in [1.54, 1.807) is 13.0 Å². The predicted molar refractivity (Wildman–Crippen MR) is 107 cm³/mol. The Hall–Kier alpha value is -2.39. The Balaban J connectivity index is 1.64. The number of nitrogens with zero attached hydrogens (tertiary/aromatic N) is 4. The van der Waals surface area contributed by atoms with Gasteiger partial charge in [-0.3, -0.25) is 0 Å². The van der Waals surface area contributed by atoms with Crippen LogP contribution in [0.3, 0.4) is 0 Å². The van der Waals surface area contributed by atoms with Gasteiger partial charge in [0.2, 0.25) is 0 Å². The SMILES string of the molecule is CCc1cc(C(F)(F)F)cc(O)c1-c1ccc(N2CCO[C@@H]3CCN(C)C[C@@H]32)nn1. The lowest BCUT2D eigenvalue weighted by atomic mass is 9.97. The van der Waals surface area contributed by atoms with Crippen LogP contribution < -0.4 is 4.90 Å². The molecular weight excluding hydrogens is 397 g/mol. The fourth-order valence-electron chi connectivity index (χ4n) is 4.35. The first-order valence-electron chi connectivity index (χ1n) is 10.1. The molecule has 1 aromatic heterocycles. The van der Waals surface area contributed by atoms with Crippen molar-refractivity contribution in [3.8, 4) is 17.0 Å². The number of likely N-dealkylation sites (N-methyl/N-ethyl adjacent to an activating group) is 1. The smallest absolute Gasteiger partial charge is 0.416 e. The van der Waals surface area contributed by atoms with E-state index in [2.05, 4.69) is 27.0 Å². The molecule has 2 saturated heterocycles. The molecule has 0 aliphatic carbocycles. The molecule has 0 spiro atoms. The lowest BCUT2D eigenvalue weighted by Crippen LogP contribution is -2.59. The number of morpholine rings is 1. The zero-order valence-corrected chi connectivity index (χ0v) is 17.0. The van der Waals surface area contributed by atoms with Crippen LogP contribution in [0.5, 0.6) is 5.75 Å². The molecule has 2 aliphatic rings. The number of piperidine rings is 1. The van der Waals surface area contributed by atoms with Gasteiger partial charge in [-0.15, -0.1) is 10.2 Å². The number of rotatable bonds is 3. The summed E-state index contributed by atoms with van der Waals surface area (Å²) in [5, 5.41) is 18.9. The van der Waals surface area contributed by atoms with E-state index in [0.717, 1.165) is 31.6 Å².